The highest BCUT2D eigenvalue weighted by atomic mass is 32.2. The lowest BCUT2D eigenvalue weighted by molar-refractivity contribution is -0.134. The first-order valence-corrected chi connectivity index (χ1v) is 9.22. The van der Waals surface area contributed by atoms with Gasteiger partial charge in [-0.25, -0.2) is 13.9 Å². The van der Waals surface area contributed by atoms with Gasteiger partial charge in [-0.05, 0) is 43.9 Å². The number of hydroxylamine groups is 1. The molecule has 24 heavy (non-hydrogen) atoms. The maximum absolute atomic E-state index is 13.0. The second-order valence-electron chi connectivity index (χ2n) is 5.62. The molecule has 0 unspecified atom stereocenters. The van der Waals surface area contributed by atoms with Crippen LogP contribution in [0, 0.1) is 11.8 Å². The summed E-state index contributed by atoms with van der Waals surface area (Å²) in [7, 11) is -3.96. The van der Waals surface area contributed by atoms with Crippen molar-refractivity contribution in [2.45, 2.75) is 42.2 Å². The Bertz CT molecular complexity index is 737. The minimum Gasteiger partial charge on any atom is -0.381 e. The van der Waals surface area contributed by atoms with Crippen LogP contribution in [0.3, 0.4) is 0 Å². The summed E-state index contributed by atoms with van der Waals surface area (Å²) >= 11 is 0. The number of carbonyl (C=O) groups is 1. The molecule has 2 rings (SSSR count). The van der Waals surface area contributed by atoms with Gasteiger partial charge in [0.2, 0.25) is 0 Å². The molecule has 0 radical (unpaired) electrons. The molecular weight excluding hydrogens is 330 g/mol. The molecule has 0 aromatic heterocycles. The van der Waals surface area contributed by atoms with Gasteiger partial charge >= 0.3 is 0 Å². The molecule has 0 bridgehead atoms. The van der Waals surface area contributed by atoms with Gasteiger partial charge in [-0.3, -0.25) is 10.0 Å². The fourth-order valence-corrected chi connectivity index (χ4v) is 4.75. The van der Waals surface area contributed by atoms with Crippen LogP contribution >= 0.6 is 0 Å². The molecule has 1 saturated heterocycles. The largest absolute Gasteiger partial charge is 0.381 e. The molecule has 2 N–H and O–H groups in total. The Morgan fingerprint density at radius 1 is 1.29 bits per heavy atom. The van der Waals surface area contributed by atoms with Crippen molar-refractivity contribution in [3.63, 3.8) is 0 Å². The van der Waals surface area contributed by atoms with Crippen LogP contribution in [0.15, 0.2) is 29.2 Å². The van der Waals surface area contributed by atoms with E-state index in [9.17, 15) is 13.2 Å². The molecule has 130 valence electrons. The highest BCUT2D eigenvalue weighted by Gasteiger charge is 2.52. The maximum Gasteiger partial charge on any atom is 0.265 e. The summed E-state index contributed by atoms with van der Waals surface area (Å²) in [6.07, 6.45) is 1.46. The van der Waals surface area contributed by atoms with Crippen LogP contribution in [0.1, 0.15) is 31.7 Å². The molecular formula is C17H21NO5S. The molecule has 1 aliphatic heterocycles. The molecule has 1 heterocycles. The first kappa shape index (κ1) is 18.5. The Balaban J connectivity index is 2.32. The van der Waals surface area contributed by atoms with Crippen LogP contribution in [0.5, 0.6) is 0 Å². The Morgan fingerprint density at radius 2 is 1.92 bits per heavy atom. The summed E-state index contributed by atoms with van der Waals surface area (Å²) < 4.78 is 29.5. The van der Waals surface area contributed by atoms with Crippen molar-refractivity contribution in [3.05, 3.63) is 29.8 Å². The van der Waals surface area contributed by atoms with E-state index in [1.54, 1.807) is 19.1 Å². The third-order valence-corrected chi connectivity index (χ3v) is 6.79. The minimum absolute atomic E-state index is 0.00949. The van der Waals surface area contributed by atoms with Crippen LogP contribution in [0.25, 0.3) is 0 Å². The zero-order valence-corrected chi connectivity index (χ0v) is 14.4. The standard InChI is InChI=1S/C17H21NO5S/c1-2-3-4-5-14-6-8-15(9-7-14)24(21,22)17(16(19)18-20)10-12-23-13-11-17/h6-9,20H,4-5,10-13H2,1H3,(H,18,19). The van der Waals surface area contributed by atoms with E-state index in [2.05, 4.69) is 11.8 Å². The van der Waals surface area contributed by atoms with Crippen LogP contribution < -0.4 is 5.48 Å². The number of ether oxygens (including phenoxy) is 1. The lowest BCUT2D eigenvalue weighted by Gasteiger charge is -2.34. The smallest absolute Gasteiger partial charge is 0.265 e. The molecule has 1 aromatic rings. The molecule has 1 aromatic carbocycles. The van der Waals surface area contributed by atoms with Gasteiger partial charge in [0.05, 0.1) is 4.90 Å². The fraction of sp³-hybridized carbons (Fsp3) is 0.471. The molecule has 1 fully saturated rings. The highest BCUT2D eigenvalue weighted by molar-refractivity contribution is 7.93. The maximum atomic E-state index is 13.0. The summed E-state index contributed by atoms with van der Waals surface area (Å²) in [6.45, 7) is 2.08. The van der Waals surface area contributed by atoms with Gasteiger partial charge in [0.1, 0.15) is 0 Å². The Kier molecular flexibility index (Phi) is 5.99. The van der Waals surface area contributed by atoms with Crippen LogP contribution in [0.4, 0.5) is 0 Å². The number of sulfone groups is 1. The number of amides is 1. The van der Waals surface area contributed by atoms with E-state index in [-0.39, 0.29) is 31.0 Å². The van der Waals surface area contributed by atoms with E-state index in [1.807, 2.05) is 0 Å². The number of carbonyl (C=O) groups excluding carboxylic acids is 1. The first-order valence-electron chi connectivity index (χ1n) is 7.73. The van der Waals surface area contributed by atoms with E-state index >= 15 is 0 Å². The van der Waals surface area contributed by atoms with Crippen LogP contribution in [0.2, 0.25) is 0 Å². The third-order valence-electron chi connectivity index (χ3n) is 4.28. The Labute approximate surface area is 142 Å². The van der Waals surface area contributed by atoms with Crippen molar-refractivity contribution in [1.29, 1.82) is 0 Å². The van der Waals surface area contributed by atoms with Crippen molar-refractivity contribution >= 4 is 15.7 Å². The number of benzene rings is 1. The van der Waals surface area contributed by atoms with E-state index < -0.39 is 20.5 Å². The molecule has 0 saturated carbocycles. The second kappa shape index (κ2) is 7.79. The van der Waals surface area contributed by atoms with Crippen molar-refractivity contribution < 1.29 is 23.2 Å². The van der Waals surface area contributed by atoms with E-state index in [0.717, 1.165) is 12.0 Å². The normalized spacial score (nSPS) is 16.8. The predicted octanol–water partition coefficient (Wildman–Crippen LogP) is 1.47. The number of aryl methyl sites for hydroxylation is 1. The molecule has 6 nitrogen and oxygen atoms in total. The van der Waals surface area contributed by atoms with E-state index in [0.29, 0.717) is 6.42 Å². The average Bonchev–Trinajstić information content (AvgIpc) is 2.62. The van der Waals surface area contributed by atoms with Gasteiger partial charge in [-0.15, -0.1) is 11.8 Å². The Morgan fingerprint density at radius 3 is 2.46 bits per heavy atom. The van der Waals surface area contributed by atoms with Crippen molar-refractivity contribution in [2.24, 2.45) is 0 Å². The summed E-state index contributed by atoms with van der Waals surface area (Å²) in [5.74, 6) is 4.86. The quantitative estimate of drug-likeness (QED) is 0.476. The van der Waals surface area contributed by atoms with Gasteiger partial charge < -0.3 is 4.74 Å². The molecule has 0 spiro atoms. The summed E-state index contributed by atoms with van der Waals surface area (Å²) in [5.41, 5.74) is 2.48. The van der Waals surface area contributed by atoms with Gasteiger partial charge in [0.25, 0.3) is 5.91 Å². The second-order valence-corrected chi connectivity index (χ2v) is 7.88. The average molecular weight is 351 g/mol. The van der Waals surface area contributed by atoms with E-state index in [4.69, 9.17) is 9.94 Å². The zero-order valence-electron chi connectivity index (χ0n) is 13.5. The summed E-state index contributed by atoms with van der Waals surface area (Å²) in [4.78, 5) is 12.2. The van der Waals surface area contributed by atoms with Crippen molar-refractivity contribution in [2.75, 3.05) is 13.2 Å². The highest BCUT2D eigenvalue weighted by Crippen LogP contribution is 2.35. The Hall–Kier alpha value is -1.88. The van der Waals surface area contributed by atoms with Crippen LogP contribution in [-0.4, -0.2) is 37.5 Å². The number of rotatable bonds is 5. The molecule has 1 aliphatic rings. The van der Waals surface area contributed by atoms with Gasteiger partial charge in [-0.1, -0.05) is 12.1 Å². The predicted molar refractivity (Wildman–Crippen MR) is 88.1 cm³/mol. The number of hydrogen-bond donors (Lipinski definition) is 2. The minimum atomic E-state index is -3.96. The number of hydrogen-bond acceptors (Lipinski definition) is 5. The monoisotopic (exact) mass is 351 g/mol. The molecule has 7 heteroatoms. The molecule has 1 amide bonds. The summed E-state index contributed by atoms with van der Waals surface area (Å²) in [6, 6.07) is 6.47. The SMILES string of the molecule is CC#CCCc1ccc(S(=O)(=O)C2(C(=O)NO)CCOCC2)cc1. The van der Waals surface area contributed by atoms with Gasteiger partial charge in [0.15, 0.2) is 14.6 Å². The lowest BCUT2D eigenvalue weighted by Crippen LogP contribution is -2.54. The van der Waals surface area contributed by atoms with Gasteiger partial charge in [-0.2, -0.15) is 0 Å². The topological polar surface area (TPSA) is 92.7 Å². The van der Waals surface area contributed by atoms with Crippen molar-refractivity contribution in [1.82, 2.24) is 5.48 Å². The lowest BCUT2D eigenvalue weighted by atomic mass is 9.98. The van der Waals surface area contributed by atoms with Crippen LogP contribution in [-0.2, 0) is 25.8 Å². The summed E-state index contributed by atoms with van der Waals surface area (Å²) in [5, 5.41) is 9.01. The van der Waals surface area contributed by atoms with E-state index in [1.165, 1.54) is 17.6 Å². The molecule has 0 aliphatic carbocycles. The first-order chi connectivity index (χ1) is 11.5. The third kappa shape index (κ3) is 3.46. The molecule has 0 atom stereocenters. The zero-order chi connectivity index (χ0) is 17.6. The van der Waals surface area contributed by atoms with Gasteiger partial charge in [0, 0.05) is 19.6 Å². The number of nitrogens with one attached hydrogen (secondary N) is 1. The fourth-order valence-electron chi connectivity index (χ4n) is 2.81. The van der Waals surface area contributed by atoms with Crippen molar-refractivity contribution in [3.8, 4) is 11.8 Å².